The molecule has 0 bridgehead atoms. The fourth-order valence-electron chi connectivity index (χ4n) is 2.74. The standard InChI is InChI=1S/C13H24O2/c1-9-7-11(15)8-13(3,4)12(9)6-5-10(2)14/h10-11,14-15H,5-8H2,1-4H3/t10-,11-/m0/s1. The lowest BCUT2D eigenvalue weighted by Gasteiger charge is -2.37. The van der Waals surface area contributed by atoms with Gasteiger partial charge < -0.3 is 10.2 Å². The van der Waals surface area contributed by atoms with Gasteiger partial charge in [0, 0.05) is 0 Å². The molecule has 2 atom stereocenters. The summed E-state index contributed by atoms with van der Waals surface area (Å²) >= 11 is 0. The average Bonchev–Trinajstić information content (AvgIpc) is 1.98. The number of rotatable bonds is 3. The molecule has 2 heteroatoms. The number of aliphatic hydroxyl groups excluding tert-OH is 2. The summed E-state index contributed by atoms with van der Waals surface area (Å²) in [6, 6.07) is 0. The van der Waals surface area contributed by atoms with Crippen LogP contribution in [0, 0.1) is 5.41 Å². The maximum absolute atomic E-state index is 9.73. The molecule has 0 unspecified atom stereocenters. The Labute approximate surface area is 93.0 Å². The van der Waals surface area contributed by atoms with Gasteiger partial charge in [-0.2, -0.15) is 0 Å². The summed E-state index contributed by atoms with van der Waals surface area (Å²) in [5.74, 6) is 0. The Bertz CT molecular complexity index is 251. The molecule has 0 fully saturated rings. The van der Waals surface area contributed by atoms with Crippen molar-refractivity contribution in [3.8, 4) is 0 Å². The minimum atomic E-state index is -0.229. The molecule has 0 aliphatic heterocycles. The Kier molecular flexibility index (Phi) is 3.96. The van der Waals surface area contributed by atoms with E-state index in [4.69, 9.17) is 0 Å². The minimum absolute atomic E-state index is 0.0939. The molecular weight excluding hydrogens is 188 g/mol. The van der Waals surface area contributed by atoms with Crippen LogP contribution in [0.15, 0.2) is 11.1 Å². The minimum Gasteiger partial charge on any atom is -0.393 e. The largest absolute Gasteiger partial charge is 0.393 e. The predicted octanol–water partition coefficient (Wildman–Crippen LogP) is 2.64. The normalized spacial score (nSPS) is 28.0. The van der Waals surface area contributed by atoms with Crippen LogP contribution in [-0.2, 0) is 0 Å². The highest BCUT2D eigenvalue weighted by Crippen LogP contribution is 2.42. The summed E-state index contributed by atoms with van der Waals surface area (Å²) in [6.07, 6.45) is 3.02. The van der Waals surface area contributed by atoms with Crippen molar-refractivity contribution in [3.05, 3.63) is 11.1 Å². The Balaban J connectivity index is 2.77. The first-order valence-corrected chi connectivity index (χ1v) is 5.88. The smallest absolute Gasteiger partial charge is 0.0585 e. The zero-order chi connectivity index (χ0) is 11.6. The van der Waals surface area contributed by atoms with Crippen LogP contribution in [-0.4, -0.2) is 22.4 Å². The number of hydrogen-bond donors (Lipinski definition) is 2. The number of allylic oxidation sites excluding steroid dienone is 1. The molecule has 1 rings (SSSR count). The second kappa shape index (κ2) is 4.67. The maximum atomic E-state index is 9.73. The van der Waals surface area contributed by atoms with Gasteiger partial charge in [0.1, 0.15) is 0 Å². The van der Waals surface area contributed by atoms with Crippen LogP contribution in [0.5, 0.6) is 0 Å². The summed E-state index contributed by atoms with van der Waals surface area (Å²) in [5.41, 5.74) is 2.85. The van der Waals surface area contributed by atoms with E-state index < -0.39 is 0 Å². The van der Waals surface area contributed by atoms with Crippen LogP contribution in [0.1, 0.15) is 53.4 Å². The Hall–Kier alpha value is -0.340. The molecular formula is C13H24O2. The van der Waals surface area contributed by atoms with Gasteiger partial charge in [0.25, 0.3) is 0 Å². The summed E-state index contributed by atoms with van der Waals surface area (Å²) in [6.45, 7) is 8.33. The average molecular weight is 212 g/mol. The van der Waals surface area contributed by atoms with E-state index >= 15 is 0 Å². The number of hydrogen-bond acceptors (Lipinski definition) is 2. The van der Waals surface area contributed by atoms with Gasteiger partial charge in [-0.3, -0.25) is 0 Å². The maximum Gasteiger partial charge on any atom is 0.0585 e. The summed E-state index contributed by atoms with van der Waals surface area (Å²) < 4.78 is 0. The van der Waals surface area contributed by atoms with Crippen LogP contribution in [0.2, 0.25) is 0 Å². The van der Waals surface area contributed by atoms with Gasteiger partial charge in [-0.25, -0.2) is 0 Å². The molecule has 15 heavy (non-hydrogen) atoms. The Morgan fingerprint density at radius 3 is 2.53 bits per heavy atom. The monoisotopic (exact) mass is 212 g/mol. The van der Waals surface area contributed by atoms with E-state index in [1.807, 2.05) is 6.92 Å². The third-order valence-electron chi connectivity index (χ3n) is 3.43. The zero-order valence-corrected chi connectivity index (χ0v) is 10.4. The SMILES string of the molecule is CC1=C(CC[C@H](C)O)C(C)(C)C[C@@H](O)C1. The van der Waals surface area contributed by atoms with E-state index in [0.29, 0.717) is 0 Å². The molecule has 0 saturated carbocycles. The van der Waals surface area contributed by atoms with Crippen LogP contribution in [0.3, 0.4) is 0 Å². The molecule has 0 amide bonds. The van der Waals surface area contributed by atoms with Gasteiger partial charge in [-0.1, -0.05) is 25.0 Å². The van der Waals surface area contributed by atoms with E-state index in [9.17, 15) is 10.2 Å². The molecule has 2 nitrogen and oxygen atoms in total. The highest BCUT2D eigenvalue weighted by atomic mass is 16.3. The third-order valence-corrected chi connectivity index (χ3v) is 3.43. The molecule has 1 aliphatic rings. The third kappa shape index (κ3) is 3.32. The molecule has 0 spiro atoms. The molecule has 0 aromatic rings. The van der Waals surface area contributed by atoms with E-state index in [1.54, 1.807) is 0 Å². The van der Waals surface area contributed by atoms with Gasteiger partial charge in [0.05, 0.1) is 12.2 Å². The number of aliphatic hydroxyl groups is 2. The van der Waals surface area contributed by atoms with Crippen LogP contribution in [0.4, 0.5) is 0 Å². The lowest BCUT2D eigenvalue weighted by Crippen LogP contribution is -2.29. The van der Waals surface area contributed by atoms with Crippen molar-refractivity contribution in [2.75, 3.05) is 0 Å². The van der Waals surface area contributed by atoms with Crippen molar-refractivity contribution >= 4 is 0 Å². The van der Waals surface area contributed by atoms with Crippen molar-refractivity contribution in [1.29, 1.82) is 0 Å². The first-order chi connectivity index (χ1) is 6.83. The summed E-state index contributed by atoms with van der Waals surface area (Å²) in [7, 11) is 0. The van der Waals surface area contributed by atoms with Crippen molar-refractivity contribution < 1.29 is 10.2 Å². The molecule has 2 N–H and O–H groups in total. The zero-order valence-electron chi connectivity index (χ0n) is 10.4. The molecule has 0 heterocycles. The van der Waals surface area contributed by atoms with Crippen molar-refractivity contribution in [1.82, 2.24) is 0 Å². The lowest BCUT2D eigenvalue weighted by molar-refractivity contribution is 0.110. The van der Waals surface area contributed by atoms with Gasteiger partial charge in [-0.05, 0) is 44.9 Å². The molecule has 0 radical (unpaired) electrons. The fourth-order valence-corrected chi connectivity index (χ4v) is 2.74. The van der Waals surface area contributed by atoms with Crippen LogP contribution >= 0.6 is 0 Å². The molecule has 88 valence electrons. The molecule has 0 aromatic carbocycles. The van der Waals surface area contributed by atoms with Crippen molar-refractivity contribution in [2.24, 2.45) is 5.41 Å². The topological polar surface area (TPSA) is 40.5 Å². The second-order valence-electron chi connectivity index (χ2n) is 5.59. The first kappa shape index (κ1) is 12.7. The van der Waals surface area contributed by atoms with Crippen molar-refractivity contribution in [3.63, 3.8) is 0 Å². The Morgan fingerprint density at radius 2 is 2.07 bits per heavy atom. The van der Waals surface area contributed by atoms with E-state index in [2.05, 4.69) is 20.8 Å². The summed E-state index contributed by atoms with van der Waals surface area (Å²) in [4.78, 5) is 0. The highest BCUT2D eigenvalue weighted by molar-refractivity contribution is 5.23. The quantitative estimate of drug-likeness (QED) is 0.706. The van der Waals surface area contributed by atoms with Crippen molar-refractivity contribution in [2.45, 2.75) is 65.6 Å². The van der Waals surface area contributed by atoms with Gasteiger partial charge in [0.15, 0.2) is 0 Å². The first-order valence-electron chi connectivity index (χ1n) is 5.88. The predicted molar refractivity (Wildman–Crippen MR) is 62.6 cm³/mol. The van der Waals surface area contributed by atoms with E-state index in [0.717, 1.165) is 25.7 Å². The molecule has 0 saturated heterocycles. The van der Waals surface area contributed by atoms with Gasteiger partial charge in [0.2, 0.25) is 0 Å². The van der Waals surface area contributed by atoms with E-state index in [1.165, 1.54) is 11.1 Å². The molecule has 1 aliphatic carbocycles. The lowest BCUT2D eigenvalue weighted by atomic mass is 9.70. The summed E-state index contributed by atoms with van der Waals surface area (Å²) in [5, 5.41) is 19.0. The van der Waals surface area contributed by atoms with Crippen LogP contribution in [0.25, 0.3) is 0 Å². The fraction of sp³-hybridized carbons (Fsp3) is 0.846. The van der Waals surface area contributed by atoms with Gasteiger partial charge >= 0.3 is 0 Å². The second-order valence-corrected chi connectivity index (χ2v) is 5.59. The Morgan fingerprint density at radius 1 is 1.47 bits per heavy atom. The van der Waals surface area contributed by atoms with E-state index in [-0.39, 0.29) is 17.6 Å². The molecule has 0 aromatic heterocycles. The van der Waals surface area contributed by atoms with Gasteiger partial charge in [-0.15, -0.1) is 0 Å². The van der Waals surface area contributed by atoms with Crippen LogP contribution < -0.4 is 0 Å². The highest BCUT2D eigenvalue weighted by Gasteiger charge is 2.32.